The minimum atomic E-state index is -0.464. The van der Waals surface area contributed by atoms with Crippen LogP contribution in [0.15, 0.2) is 30.3 Å². The van der Waals surface area contributed by atoms with Gasteiger partial charge in [-0.3, -0.25) is 4.79 Å². The van der Waals surface area contributed by atoms with Crippen LogP contribution in [0.25, 0.3) is 0 Å². The zero-order chi connectivity index (χ0) is 12.7. The van der Waals surface area contributed by atoms with E-state index < -0.39 is 6.10 Å². The predicted octanol–water partition coefficient (Wildman–Crippen LogP) is 2.18. The van der Waals surface area contributed by atoms with E-state index in [1.165, 1.54) is 12.7 Å². The van der Waals surface area contributed by atoms with Crippen molar-refractivity contribution in [2.45, 2.75) is 32.3 Å². The van der Waals surface area contributed by atoms with Gasteiger partial charge in [0.2, 0.25) is 0 Å². The van der Waals surface area contributed by atoms with Crippen molar-refractivity contribution in [1.29, 1.82) is 0 Å². The largest absolute Gasteiger partial charge is 0.469 e. The molecule has 0 aromatic heterocycles. The van der Waals surface area contributed by atoms with Crippen LogP contribution in [-0.4, -0.2) is 24.3 Å². The third kappa shape index (κ3) is 5.00. The highest BCUT2D eigenvalue weighted by Crippen LogP contribution is 2.15. The maximum Gasteiger partial charge on any atom is 0.305 e. The van der Waals surface area contributed by atoms with Gasteiger partial charge >= 0.3 is 5.97 Å². The van der Waals surface area contributed by atoms with Crippen LogP contribution in [0.2, 0.25) is 0 Å². The molecule has 1 N–H and O–H groups in total. The minimum Gasteiger partial charge on any atom is -0.469 e. The summed E-state index contributed by atoms with van der Waals surface area (Å²) >= 11 is 0. The van der Waals surface area contributed by atoms with E-state index >= 15 is 0 Å². The molecule has 1 aromatic rings. The first-order chi connectivity index (χ1) is 8.13. The maximum atomic E-state index is 11.1. The Labute approximate surface area is 102 Å². The number of rotatable bonds is 6. The Balaban J connectivity index is 2.34. The number of benzene rings is 1. The van der Waals surface area contributed by atoms with Crippen LogP contribution in [0.1, 0.15) is 25.3 Å². The molecule has 0 fully saturated rings. The average molecular weight is 236 g/mol. The molecule has 3 heteroatoms. The van der Waals surface area contributed by atoms with Crippen LogP contribution in [0.5, 0.6) is 0 Å². The normalized spacial score (nSPS) is 14.1. The van der Waals surface area contributed by atoms with E-state index in [9.17, 15) is 9.90 Å². The Bertz CT molecular complexity index is 335. The van der Waals surface area contributed by atoms with E-state index in [4.69, 9.17) is 0 Å². The van der Waals surface area contributed by atoms with Crippen LogP contribution in [-0.2, 0) is 16.0 Å². The second-order valence-electron chi connectivity index (χ2n) is 4.35. The van der Waals surface area contributed by atoms with Gasteiger partial charge in [-0.05, 0) is 24.3 Å². The molecular formula is C14H20O3. The Morgan fingerprint density at radius 2 is 2.00 bits per heavy atom. The van der Waals surface area contributed by atoms with Gasteiger partial charge in [-0.1, -0.05) is 37.3 Å². The van der Waals surface area contributed by atoms with E-state index in [2.05, 4.69) is 4.74 Å². The lowest BCUT2D eigenvalue weighted by molar-refractivity contribution is -0.142. The number of aryl methyl sites for hydroxylation is 1. The van der Waals surface area contributed by atoms with Crippen LogP contribution in [0.4, 0.5) is 0 Å². The topological polar surface area (TPSA) is 46.5 Å². The molecule has 1 rings (SSSR count). The molecule has 0 aliphatic carbocycles. The first kappa shape index (κ1) is 13.7. The molecule has 2 atom stereocenters. The van der Waals surface area contributed by atoms with Gasteiger partial charge in [-0.15, -0.1) is 0 Å². The van der Waals surface area contributed by atoms with Crippen molar-refractivity contribution >= 4 is 5.97 Å². The van der Waals surface area contributed by atoms with Crippen molar-refractivity contribution in [3.8, 4) is 0 Å². The molecule has 0 radical (unpaired) electrons. The first-order valence-corrected chi connectivity index (χ1v) is 5.92. The monoisotopic (exact) mass is 236 g/mol. The smallest absolute Gasteiger partial charge is 0.305 e. The third-order valence-corrected chi connectivity index (χ3v) is 2.94. The highest BCUT2D eigenvalue weighted by Gasteiger charge is 2.17. The van der Waals surface area contributed by atoms with Gasteiger partial charge < -0.3 is 9.84 Å². The standard InChI is InChI=1S/C14H20O3/c1-11(10-14(16)17-2)13(15)9-8-12-6-4-3-5-7-12/h3-7,11,13,15H,8-10H2,1-2H3. The van der Waals surface area contributed by atoms with Crippen LogP contribution in [0, 0.1) is 5.92 Å². The van der Waals surface area contributed by atoms with Crippen molar-refractivity contribution in [2.75, 3.05) is 7.11 Å². The van der Waals surface area contributed by atoms with Crippen molar-refractivity contribution < 1.29 is 14.6 Å². The number of methoxy groups -OCH3 is 1. The average Bonchev–Trinajstić information content (AvgIpc) is 2.36. The summed E-state index contributed by atoms with van der Waals surface area (Å²) in [5, 5.41) is 9.92. The van der Waals surface area contributed by atoms with Gasteiger partial charge in [0, 0.05) is 0 Å². The van der Waals surface area contributed by atoms with E-state index in [1.807, 2.05) is 37.3 Å². The van der Waals surface area contributed by atoms with Gasteiger partial charge in [0.1, 0.15) is 0 Å². The number of carbonyl (C=O) groups is 1. The highest BCUT2D eigenvalue weighted by molar-refractivity contribution is 5.69. The lowest BCUT2D eigenvalue weighted by Crippen LogP contribution is -2.21. The first-order valence-electron chi connectivity index (χ1n) is 5.92. The second-order valence-corrected chi connectivity index (χ2v) is 4.35. The molecule has 0 bridgehead atoms. The summed E-state index contributed by atoms with van der Waals surface area (Å²) in [5.41, 5.74) is 1.21. The van der Waals surface area contributed by atoms with E-state index in [-0.39, 0.29) is 18.3 Å². The number of hydrogen-bond donors (Lipinski definition) is 1. The molecule has 0 amide bonds. The molecule has 1 aromatic carbocycles. The van der Waals surface area contributed by atoms with Gasteiger partial charge in [0.25, 0.3) is 0 Å². The molecule has 3 nitrogen and oxygen atoms in total. The summed E-state index contributed by atoms with van der Waals surface area (Å²) in [6, 6.07) is 10.0. The Morgan fingerprint density at radius 1 is 1.35 bits per heavy atom. The molecule has 0 saturated carbocycles. The fourth-order valence-corrected chi connectivity index (χ4v) is 1.73. The van der Waals surface area contributed by atoms with Crippen LogP contribution < -0.4 is 0 Å². The third-order valence-electron chi connectivity index (χ3n) is 2.94. The number of hydrogen-bond acceptors (Lipinski definition) is 3. The van der Waals surface area contributed by atoms with Crippen LogP contribution >= 0.6 is 0 Å². The Kier molecular flexibility index (Phi) is 5.70. The van der Waals surface area contributed by atoms with E-state index in [0.29, 0.717) is 6.42 Å². The fourth-order valence-electron chi connectivity index (χ4n) is 1.73. The predicted molar refractivity (Wildman–Crippen MR) is 66.6 cm³/mol. The summed E-state index contributed by atoms with van der Waals surface area (Å²) in [7, 11) is 1.37. The molecule has 94 valence electrons. The molecule has 0 aliphatic heterocycles. The minimum absolute atomic E-state index is 0.0637. The Hall–Kier alpha value is -1.35. The summed E-state index contributed by atoms with van der Waals surface area (Å²) in [6.45, 7) is 1.87. The number of carbonyl (C=O) groups excluding carboxylic acids is 1. The SMILES string of the molecule is COC(=O)CC(C)C(O)CCc1ccccc1. The second kappa shape index (κ2) is 7.07. The zero-order valence-electron chi connectivity index (χ0n) is 10.4. The van der Waals surface area contributed by atoms with Crippen molar-refractivity contribution in [2.24, 2.45) is 5.92 Å². The quantitative estimate of drug-likeness (QED) is 0.770. The van der Waals surface area contributed by atoms with Gasteiger partial charge in [-0.2, -0.15) is 0 Å². The summed E-state index contributed by atoms with van der Waals surface area (Å²) in [4.78, 5) is 11.1. The van der Waals surface area contributed by atoms with Crippen molar-refractivity contribution in [1.82, 2.24) is 0 Å². The van der Waals surface area contributed by atoms with Crippen molar-refractivity contribution in [3.63, 3.8) is 0 Å². The van der Waals surface area contributed by atoms with Crippen molar-refractivity contribution in [3.05, 3.63) is 35.9 Å². The molecule has 17 heavy (non-hydrogen) atoms. The highest BCUT2D eigenvalue weighted by atomic mass is 16.5. The molecule has 2 unspecified atom stereocenters. The number of aliphatic hydroxyl groups excluding tert-OH is 1. The maximum absolute atomic E-state index is 11.1. The molecule has 0 saturated heterocycles. The fraction of sp³-hybridized carbons (Fsp3) is 0.500. The molecule has 0 aliphatic rings. The summed E-state index contributed by atoms with van der Waals surface area (Å²) in [5.74, 6) is -0.331. The molecular weight excluding hydrogens is 216 g/mol. The van der Waals surface area contributed by atoms with Gasteiger partial charge in [0.15, 0.2) is 0 Å². The zero-order valence-corrected chi connectivity index (χ0v) is 10.4. The van der Waals surface area contributed by atoms with Gasteiger partial charge in [0.05, 0.1) is 19.6 Å². The number of aliphatic hydroxyl groups is 1. The molecule has 0 heterocycles. The molecule has 0 spiro atoms. The summed E-state index contributed by atoms with van der Waals surface area (Å²) < 4.78 is 4.58. The lowest BCUT2D eigenvalue weighted by atomic mass is 9.95. The summed E-state index contributed by atoms with van der Waals surface area (Å²) in [6.07, 6.45) is 1.30. The Morgan fingerprint density at radius 3 is 2.59 bits per heavy atom. The number of ether oxygens (including phenoxy) is 1. The van der Waals surface area contributed by atoms with Crippen LogP contribution in [0.3, 0.4) is 0 Å². The lowest BCUT2D eigenvalue weighted by Gasteiger charge is -2.17. The van der Waals surface area contributed by atoms with E-state index in [1.54, 1.807) is 0 Å². The number of esters is 1. The van der Waals surface area contributed by atoms with Gasteiger partial charge in [-0.25, -0.2) is 0 Å². The van der Waals surface area contributed by atoms with E-state index in [0.717, 1.165) is 6.42 Å².